The van der Waals surface area contributed by atoms with Gasteiger partial charge in [-0.15, -0.1) is 5.10 Å². The molecule has 0 atom stereocenters. The van der Waals surface area contributed by atoms with Gasteiger partial charge in [-0.25, -0.2) is 0 Å². The predicted molar refractivity (Wildman–Crippen MR) is 93.5 cm³/mol. The van der Waals surface area contributed by atoms with Crippen LogP contribution in [0.5, 0.6) is 0 Å². The quantitative estimate of drug-likeness (QED) is 0.424. The number of hydrazone groups is 1. The normalized spacial score (nSPS) is 15.4. The maximum atomic E-state index is 12.5. The number of non-ortho nitro benzene ring substituents is 1. The molecule has 1 aromatic carbocycles. The molecule has 0 aliphatic carbocycles. The molecule has 3 heterocycles. The third kappa shape index (κ3) is 2.97. The molecule has 0 spiro atoms. The van der Waals surface area contributed by atoms with Crippen LogP contribution in [-0.4, -0.2) is 37.2 Å². The Morgan fingerprint density at radius 1 is 1.30 bits per heavy atom. The van der Waals surface area contributed by atoms with E-state index in [1.807, 2.05) is 0 Å². The number of carbonyl (C=O) groups excluding carboxylic acids is 1. The molecule has 0 fully saturated rings. The fourth-order valence-electron chi connectivity index (χ4n) is 2.57. The second-order valence-electron chi connectivity index (χ2n) is 5.58. The van der Waals surface area contributed by atoms with E-state index in [2.05, 4.69) is 25.7 Å². The van der Waals surface area contributed by atoms with Crippen molar-refractivity contribution < 1.29 is 14.1 Å². The fraction of sp³-hybridized carbons (Fsp3) is 0.0625. The number of rotatable bonds is 4. The number of hydrogen-bond donors (Lipinski definition) is 1. The number of tetrazole rings is 1. The van der Waals surface area contributed by atoms with Crippen molar-refractivity contribution in [2.24, 2.45) is 5.10 Å². The number of carbonyl (C=O) groups is 1. The van der Waals surface area contributed by atoms with Gasteiger partial charge in [0.15, 0.2) is 0 Å². The minimum absolute atomic E-state index is 0.0338. The number of aromatic amines is 1. The SMILES string of the molecule is CC1=NN(c2nn[nH]n2)C(=O)C1=Cc1ccc(-c2cccc([N+](=O)[O-])c2)o1. The first kappa shape index (κ1) is 16.3. The highest BCUT2D eigenvalue weighted by atomic mass is 16.6. The number of hydrogen-bond acceptors (Lipinski definition) is 8. The molecule has 4 rings (SSSR count). The minimum Gasteiger partial charge on any atom is -0.457 e. The smallest absolute Gasteiger partial charge is 0.293 e. The first-order valence-corrected chi connectivity index (χ1v) is 7.73. The summed E-state index contributed by atoms with van der Waals surface area (Å²) < 4.78 is 5.71. The Morgan fingerprint density at radius 3 is 2.89 bits per heavy atom. The van der Waals surface area contributed by atoms with Gasteiger partial charge in [-0.3, -0.25) is 14.9 Å². The number of nitrogens with one attached hydrogen (secondary N) is 1. The van der Waals surface area contributed by atoms with Crippen molar-refractivity contribution in [3.8, 4) is 11.3 Å². The molecular weight excluding hydrogens is 354 g/mol. The highest BCUT2D eigenvalue weighted by Gasteiger charge is 2.31. The van der Waals surface area contributed by atoms with Gasteiger partial charge in [0.25, 0.3) is 17.5 Å². The number of furan rings is 1. The van der Waals surface area contributed by atoms with Gasteiger partial charge in [0, 0.05) is 17.7 Å². The molecule has 11 nitrogen and oxygen atoms in total. The molecule has 0 saturated carbocycles. The number of benzene rings is 1. The van der Waals surface area contributed by atoms with Crippen LogP contribution in [0.3, 0.4) is 0 Å². The first-order chi connectivity index (χ1) is 13.0. The summed E-state index contributed by atoms with van der Waals surface area (Å²) in [5.74, 6) is 0.478. The number of H-pyrrole nitrogens is 1. The van der Waals surface area contributed by atoms with E-state index >= 15 is 0 Å². The Bertz CT molecular complexity index is 1100. The van der Waals surface area contributed by atoms with Crippen molar-refractivity contribution >= 4 is 29.3 Å². The average molecular weight is 365 g/mol. The monoisotopic (exact) mass is 365 g/mol. The molecule has 27 heavy (non-hydrogen) atoms. The lowest BCUT2D eigenvalue weighted by molar-refractivity contribution is -0.384. The van der Waals surface area contributed by atoms with E-state index in [9.17, 15) is 14.9 Å². The molecule has 1 aliphatic rings. The maximum Gasteiger partial charge on any atom is 0.293 e. The summed E-state index contributed by atoms with van der Waals surface area (Å²) in [4.78, 5) is 23.0. The molecule has 0 bridgehead atoms. The van der Waals surface area contributed by atoms with Gasteiger partial charge in [0.1, 0.15) is 11.5 Å². The lowest BCUT2D eigenvalue weighted by Crippen LogP contribution is -2.22. The second-order valence-corrected chi connectivity index (χ2v) is 5.58. The topological polar surface area (TPSA) is 143 Å². The molecular formula is C16H11N7O4. The van der Waals surface area contributed by atoms with Gasteiger partial charge in [-0.2, -0.15) is 15.3 Å². The Balaban J connectivity index is 1.63. The van der Waals surface area contributed by atoms with Crippen LogP contribution in [0.4, 0.5) is 11.6 Å². The summed E-state index contributed by atoms with van der Waals surface area (Å²) >= 11 is 0. The molecule has 0 unspecified atom stereocenters. The molecule has 0 radical (unpaired) electrons. The Kier molecular flexibility index (Phi) is 3.81. The van der Waals surface area contributed by atoms with E-state index in [0.717, 1.165) is 5.01 Å². The molecule has 2 aromatic heterocycles. The molecule has 134 valence electrons. The summed E-state index contributed by atoms with van der Waals surface area (Å²) in [6.45, 7) is 1.67. The zero-order valence-electron chi connectivity index (χ0n) is 13.9. The first-order valence-electron chi connectivity index (χ1n) is 7.73. The molecule has 1 aliphatic heterocycles. The highest BCUT2D eigenvalue weighted by Crippen LogP contribution is 2.28. The Morgan fingerprint density at radius 2 is 2.15 bits per heavy atom. The summed E-state index contributed by atoms with van der Waals surface area (Å²) in [5.41, 5.74) is 1.32. The number of nitrogens with zero attached hydrogens (tertiary/aromatic N) is 6. The number of nitro benzene ring substituents is 1. The van der Waals surface area contributed by atoms with Crippen molar-refractivity contribution in [2.75, 3.05) is 5.01 Å². The molecule has 3 aromatic rings. The number of amides is 1. The average Bonchev–Trinajstić information content (AvgIpc) is 3.39. The lowest BCUT2D eigenvalue weighted by Gasteiger charge is -2.03. The van der Waals surface area contributed by atoms with Crippen LogP contribution in [0.1, 0.15) is 12.7 Å². The van der Waals surface area contributed by atoms with E-state index in [1.165, 1.54) is 12.1 Å². The van der Waals surface area contributed by atoms with E-state index < -0.39 is 10.8 Å². The zero-order chi connectivity index (χ0) is 19.0. The van der Waals surface area contributed by atoms with Crippen molar-refractivity contribution in [3.63, 3.8) is 0 Å². The Labute approximate surface area is 151 Å². The van der Waals surface area contributed by atoms with Gasteiger partial charge < -0.3 is 4.42 Å². The molecule has 1 amide bonds. The number of aromatic nitrogens is 4. The number of nitro groups is 1. The largest absolute Gasteiger partial charge is 0.457 e. The van der Waals surface area contributed by atoms with Gasteiger partial charge in [-0.05, 0) is 30.3 Å². The third-order valence-corrected chi connectivity index (χ3v) is 3.84. The predicted octanol–water partition coefficient (Wildman–Crippen LogP) is 2.17. The molecule has 1 N–H and O–H groups in total. The summed E-state index contributed by atoms with van der Waals surface area (Å²) in [7, 11) is 0. The van der Waals surface area contributed by atoms with Crippen LogP contribution < -0.4 is 5.01 Å². The minimum atomic E-state index is -0.473. The van der Waals surface area contributed by atoms with Crippen LogP contribution in [0.2, 0.25) is 0 Å². The van der Waals surface area contributed by atoms with Crippen molar-refractivity contribution in [2.45, 2.75) is 6.92 Å². The van der Waals surface area contributed by atoms with Crippen LogP contribution >= 0.6 is 0 Å². The van der Waals surface area contributed by atoms with Gasteiger partial charge in [0.2, 0.25) is 0 Å². The lowest BCUT2D eigenvalue weighted by atomic mass is 10.1. The van der Waals surface area contributed by atoms with Crippen LogP contribution in [-0.2, 0) is 4.79 Å². The van der Waals surface area contributed by atoms with E-state index in [0.29, 0.717) is 28.4 Å². The van der Waals surface area contributed by atoms with Crippen molar-refractivity contribution in [1.29, 1.82) is 0 Å². The van der Waals surface area contributed by atoms with E-state index in [4.69, 9.17) is 4.42 Å². The summed E-state index contributed by atoms with van der Waals surface area (Å²) in [6, 6.07) is 9.44. The zero-order valence-corrected chi connectivity index (χ0v) is 13.9. The van der Waals surface area contributed by atoms with Gasteiger partial charge in [0.05, 0.1) is 16.2 Å². The summed E-state index contributed by atoms with van der Waals surface area (Å²) in [5, 5.41) is 29.2. The van der Waals surface area contributed by atoms with Crippen LogP contribution in [0, 0.1) is 10.1 Å². The van der Waals surface area contributed by atoms with Crippen molar-refractivity contribution in [3.05, 3.63) is 57.8 Å². The van der Waals surface area contributed by atoms with Crippen LogP contribution in [0.25, 0.3) is 17.4 Å². The van der Waals surface area contributed by atoms with Crippen LogP contribution in [0.15, 0.2) is 51.5 Å². The standard InChI is InChI=1S/C16H11N7O4/c1-9-13(15(24)22(19-9)16-17-20-21-18-16)8-12-5-6-14(27-12)10-3-2-4-11(7-10)23(25)26/h2-8H,1H3,(H,17,18,20,21). The summed E-state index contributed by atoms with van der Waals surface area (Å²) in [6.07, 6.45) is 1.54. The Hall–Kier alpha value is -4.15. The van der Waals surface area contributed by atoms with Gasteiger partial charge in [-0.1, -0.05) is 17.2 Å². The van der Waals surface area contributed by atoms with E-state index in [1.54, 1.807) is 37.3 Å². The molecule has 0 saturated heterocycles. The number of anilines is 1. The molecule has 11 heteroatoms. The second kappa shape index (κ2) is 6.29. The highest BCUT2D eigenvalue weighted by molar-refractivity contribution is 6.31. The van der Waals surface area contributed by atoms with Gasteiger partial charge >= 0.3 is 0 Å². The fourth-order valence-corrected chi connectivity index (χ4v) is 2.57. The van der Waals surface area contributed by atoms with Crippen molar-refractivity contribution in [1.82, 2.24) is 20.6 Å². The van der Waals surface area contributed by atoms with E-state index in [-0.39, 0.29) is 11.6 Å². The maximum absolute atomic E-state index is 12.5. The third-order valence-electron chi connectivity index (χ3n) is 3.84.